The van der Waals surface area contributed by atoms with Crippen molar-refractivity contribution in [3.63, 3.8) is 0 Å². The number of anilines is 2. The van der Waals surface area contributed by atoms with Gasteiger partial charge in [-0.15, -0.1) is 0 Å². The number of aromatic amines is 1. The van der Waals surface area contributed by atoms with Crippen molar-refractivity contribution in [3.8, 4) is 0 Å². The first-order valence-electron chi connectivity index (χ1n) is 10.9. The minimum atomic E-state index is -0.125. The predicted octanol–water partition coefficient (Wildman–Crippen LogP) is 3.59. The smallest absolute Gasteiger partial charge is 0.257 e. The van der Waals surface area contributed by atoms with Gasteiger partial charge in [0.1, 0.15) is 5.65 Å². The normalized spacial score (nSPS) is 15.1. The topological polar surface area (TPSA) is 90.1 Å². The third kappa shape index (κ3) is 4.20. The molecule has 2 aromatic carbocycles. The summed E-state index contributed by atoms with van der Waals surface area (Å²) in [5.41, 5.74) is 2.26. The average Bonchev–Trinajstić information content (AvgIpc) is 2.81. The van der Waals surface area contributed by atoms with Gasteiger partial charge in [-0.1, -0.05) is 36.4 Å². The zero-order chi connectivity index (χ0) is 21.9. The van der Waals surface area contributed by atoms with E-state index in [9.17, 15) is 9.59 Å². The average molecular weight is 428 g/mol. The van der Waals surface area contributed by atoms with E-state index in [4.69, 9.17) is 0 Å². The second kappa shape index (κ2) is 8.80. The van der Waals surface area contributed by atoms with E-state index < -0.39 is 0 Å². The van der Waals surface area contributed by atoms with Gasteiger partial charge in [-0.3, -0.25) is 14.5 Å². The maximum atomic E-state index is 12.4. The Labute approximate surface area is 185 Å². The molecular formula is C25H25N5O2. The highest BCUT2D eigenvalue weighted by Crippen LogP contribution is 2.28. The minimum Gasteiger partial charge on any atom is -0.382 e. The van der Waals surface area contributed by atoms with Crippen LogP contribution in [-0.2, 0) is 4.79 Å². The Hall–Kier alpha value is -3.71. The summed E-state index contributed by atoms with van der Waals surface area (Å²) in [6.07, 6.45) is 3.59. The number of para-hydroxylation sites is 1. The zero-order valence-corrected chi connectivity index (χ0v) is 17.7. The summed E-state index contributed by atoms with van der Waals surface area (Å²) in [7, 11) is 0. The summed E-state index contributed by atoms with van der Waals surface area (Å²) in [4.78, 5) is 34.2. The van der Waals surface area contributed by atoms with Crippen LogP contribution in [0.25, 0.3) is 21.8 Å². The molecule has 3 heterocycles. The molecule has 1 saturated heterocycles. The molecule has 162 valence electrons. The number of aromatic nitrogens is 2. The van der Waals surface area contributed by atoms with Crippen molar-refractivity contribution in [1.82, 2.24) is 14.9 Å². The number of hydrogen-bond donors (Lipinski definition) is 3. The fourth-order valence-electron chi connectivity index (χ4n) is 4.40. The maximum absolute atomic E-state index is 12.4. The SMILES string of the molecule is O=C(CN1CCC(Nc2ccnc3[nH]c(=O)c4ccccc4c23)CC1)Nc1ccccc1. The number of nitrogens with zero attached hydrogens (tertiary/aromatic N) is 2. The molecule has 2 aromatic heterocycles. The third-order valence-electron chi connectivity index (χ3n) is 6.00. The van der Waals surface area contributed by atoms with Gasteiger partial charge in [-0.25, -0.2) is 4.98 Å². The number of fused-ring (bicyclic) bond motifs is 3. The molecule has 32 heavy (non-hydrogen) atoms. The first kappa shape index (κ1) is 20.2. The van der Waals surface area contributed by atoms with Crippen molar-refractivity contribution in [2.45, 2.75) is 18.9 Å². The molecule has 7 nitrogen and oxygen atoms in total. The van der Waals surface area contributed by atoms with Crippen molar-refractivity contribution >= 4 is 39.1 Å². The van der Waals surface area contributed by atoms with Crippen LogP contribution < -0.4 is 16.2 Å². The van der Waals surface area contributed by atoms with Gasteiger partial charge in [-0.2, -0.15) is 0 Å². The summed E-state index contributed by atoms with van der Waals surface area (Å²) in [6, 6.07) is 19.4. The van der Waals surface area contributed by atoms with E-state index in [-0.39, 0.29) is 11.5 Å². The summed E-state index contributed by atoms with van der Waals surface area (Å²) >= 11 is 0. The second-order valence-electron chi connectivity index (χ2n) is 8.19. The van der Waals surface area contributed by atoms with Crippen LogP contribution in [0.1, 0.15) is 12.8 Å². The molecule has 1 fully saturated rings. The van der Waals surface area contributed by atoms with Crippen LogP contribution in [0.4, 0.5) is 11.4 Å². The van der Waals surface area contributed by atoms with Gasteiger partial charge in [-0.05, 0) is 37.1 Å². The van der Waals surface area contributed by atoms with Gasteiger partial charge in [0, 0.05) is 52.9 Å². The fourth-order valence-corrected chi connectivity index (χ4v) is 4.40. The molecule has 0 saturated carbocycles. The number of H-pyrrole nitrogens is 1. The van der Waals surface area contributed by atoms with Gasteiger partial charge in [0.05, 0.1) is 6.54 Å². The fraction of sp³-hybridized carbons (Fsp3) is 0.240. The lowest BCUT2D eigenvalue weighted by Crippen LogP contribution is -2.42. The summed E-state index contributed by atoms with van der Waals surface area (Å²) in [6.45, 7) is 2.09. The molecule has 0 radical (unpaired) electrons. The van der Waals surface area contributed by atoms with E-state index in [2.05, 4.69) is 25.5 Å². The number of piperidine rings is 1. The molecule has 7 heteroatoms. The highest BCUT2D eigenvalue weighted by atomic mass is 16.2. The third-order valence-corrected chi connectivity index (χ3v) is 6.00. The number of nitrogens with one attached hydrogen (secondary N) is 3. The number of carbonyl (C=O) groups is 1. The molecule has 3 N–H and O–H groups in total. The monoisotopic (exact) mass is 427 g/mol. The number of rotatable bonds is 5. The van der Waals surface area contributed by atoms with E-state index in [0.717, 1.165) is 48.1 Å². The lowest BCUT2D eigenvalue weighted by molar-refractivity contribution is -0.117. The van der Waals surface area contributed by atoms with Gasteiger partial charge in [0.15, 0.2) is 0 Å². The molecule has 1 aliphatic rings. The van der Waals surface area contributed by atoms with E-state index in [1.165, 1.54) is 0 Å². The van der Waals surface area contributed by atoms with Crippen LogP contribution in [-0.4, -0.2) is 46.5 Å². The number of amides is 1. The van der Waals surface area contributed by atoms with Crippen molar-refractivity contribution in [2.75, 3.05) is 30.3 Å². The molecule has 1 aliphatic heterocycles. The van der Waals surface area contributed by atoms with Gasteiger partial charge in [0.25, 0.3) is 5.56 Å². The zero-order valence-electron chi connectivity index (χ0n) is 17.7. The quantitative estimate of drug-likeness (QED) is 0.424. The summed E-state index contributed by atoms with van der Waals surface area (Å²) < 4.78 is 0. The second-order valence-corrected chi connectivity index (χ2v) is 8.19. The number of likely N-dealkylation sites (tertiary alicyclic amines) is 1. The van der Waals surface area contributed by atoms with Crippen molar-refractivity contribution in [2.24, 2.45) is 0 Å². The summed E-state index contributed by atoms with van der Waals surface area (Å²) in [5.74, 6) is 0.0122. The molecule has 0 aliphatic carbocycles. The number of benzene rings is 2. The first-order chi connectivity index (χ1) is 15.7. The van der Waals surface area contributed by atoms with Crippen LogP contribution in [0.2, 0.25) is 0 Å². The van der Waals surface area contributed by atoms with E-state index in [1.807, 2.05) is 60.7 Å². The molecule has 4 aromatic rings. The molecule has 1 amide bonds. The first-order valence-corrected chi connectivity index (χ1v) is 10.9. The molecule has 0 spiro atoms. The Morgan fingerprint density at radius 2 is 1.72 bits per heavy atom. The Morgan fingerprint density at radius 3 is 2.50 bits per heavy atom. The van der Waals surface area contributed by atoms with Crippen molar-refractivity contribution in [3.05, 3.63) is 77.2 Å². The Bertz CT molecular complexity index is 1310. The molecular weight excluding hydrogens is 402 g/mol. The predicted molar refractivity (Wildman–Crippen MR) is 128 cm³/mol. The highest BCUT2D eigenvalue weighted by Gasteiger charge is 2.22. The standard InChI is InChI=1S/C25H25N5O2/c31-22(28-17-6-2-1-3-7-17)16-30-14-11-18(12-15-30)27-21-10-13-26-24-23(21)19-8-4-5-9-20(19)25(32)29-24/h1-10,13,18H,11-12,14-16H2,(H,28,31)(H2,26,27,29,32). The van der Waals surface area contributed by atoms with Crippen LogP contribution in [0.5, 0.6) is 0 Å². The minimum absolute atomic E-state index is 0.0122. The van der Waals surface area contributed by atoms with Crippen LogP contribution >= 0.6 is 0 Å². The van der Waals surface area contributed by atoms with E-state index >= 15 is 0 Å². The van der Waals surface area contributed by atoms with Gasteiger partial charge < -0.3 is 15.6 Å². The number of hydrogen-bond acceptors (Lipinski definition) is 5. The van der Waals surface area contributed by atoms with Crippen molar-refractivity contribution in [1.29, 1.82) is 0 Å². The Morgan fingerprint density at radius 1 is 1.00 bits per heavy atom. The largest absolute Gasteiger partial charge is 0.382 e. The molecule has 5 rings (SSSR count). The van der Waals surface area contributed by atoms with Gasteiger partial charge >= 0.3 is 0 Å². The number of pyridine rings is 2. The Balaban J connectivity index is 1.26. The molecule has 0 bridgehead atoms. The van der Waals surface area contributed by atoms with Crippen molar-refractivity contribution < 1.29 is 4.79 Å². The summed E-state index contributed by atoms with van der Waals surface area (Å²) in [5, 5.41) is 9.11. The Kier molecular flexibility index (Phi) is 5.56. The number of carbonyl (C=O) groups excluding carboxylic acids is 1. The van der Waals surface area contributed by atoms with Gasteiger partial charge in [0.2, 0.25) is 5.91 Å². The molecule has 0 atom stereocenters. The lowest BCUT2D eigenvalue weighted by atomic mass is 10.0. The van der Waals surface area contributed by atoms with Crippen LogP contribution in [0, 0.1) is 0 Å². The van der Waals surface area contributed by atoms with Crippen LogP contribution in [0.15, 0.2) is 71.7 Å². The maximum Gasteiger partial charge on any atom is 0.257 e. The lowest BCUT2D eigenvalue weighted by Gasteiger charge is -2.32. The van der Waals surface area contributed by atoms with E-state index in [1.54, 1.807) is 6.20 Å². The molecule has 0 unspecified atom stereocenters. The van der Waals surface area contributed by atoms with Crippen LogP contribution in [0.3, 0.4) is 0 Å². The van der Waals surface area contributed by atoms with E-state index in [0.29, 0.717) is 23.6 Å². The highest BCUT2D eigenvalue weighted by molar-refractivity contribution is 6.10.